The number of hydrogen-bond acceptors (Lipinski definition) is 3. The molecule has 3 heteroatoms. The summed E-state index contributed by atoms with van der Waals surface area (Å²) in [4.78, 5) is 12.0. The molecule has 1 unspecified atom stereocenters. The first-order valence-electron chi connectivity index (χ1n) is 5.92. The molecule has 0 radical (unpaired) electrons. The Bertz CT molecular complexity index is 397. The van der Waals surface area contributed by atoms with Crippen molar-refractivity contribution in [2.75, 3.05) is 7.11 Å². The van der Waals surface area contributed by atoms with Gasteiger partial charge in [0.15, 0.2) is 5.78 Å². The predicted octanol–water partition coefficient (Wildman–Crippen LogP) is 2.74. The maximum Gasteiger partial charge on any atom is 0.168 e. The van der Waals surface area contributed by atoms with Gasteiger partial charge in [-0.2, -0.15) is 0 Å². The Morgan fingerprint density at radius 1 is 1.35 bits per heavy atom. The summed E-state index contributed by atoms with van der Waals surface area (Å²) >= 11 is 0. The number of ketones is 1. The Hall–Kier alpha value is -1.35. The van der Waals surface area contributed by atoms with Crippen molar-refractivity contribution in [2.24, 2.45) is 5.73 Å². The highest BCUT2D eigenvalue weighted by molar-refractivity contribution is 5.99. The van der Waals surface area contributed by atoms with Crippen LogP contribution in [0.2, 0.25) is 0 Å². The smallest absolute Gasteiger partial charge is 0.168 e. The van der Waals surface area contributed by atoms with E-state index in [1.54, 1.807) is 7.11 Å². The maximum atomic E-state index is 12.0. The van der Waals surface area contributed by atoms with Crippen molar-refractivity contribution in [2.45, 2.75) is 39.2 Å². The molecule has 2 N–H and O–H groups in total. The van der Waals surface area contributed by atoms with Gasteiger partial charge in [-0.25, -0.2) is 0 Å². The van der Waals surface area contributed by atoms with Crippen LogP contribution in [0.15, 0.2) is 18.2 Å². The van der Waals surface area contributed by atoms with Crippen LogP contribution in [0.5, 0.6) is 5.75 Å². The lowest BCUT2D eigenvalue weighted by Crippen LogP contribution is -2.20. The number of hydrogen-bond donors (Lipinski definition) is 1. The second-order valence-corrected chi connectivity index (χ2v) is 4.72. The molecule has 1 rings (SSSR count). The van der Waals surface area contributed by atoms with Gasteiger partial charge < -0.3 is 10.5 Å². The summed E-state index contributed by atoms with van der Waals surface area (Å²) in [6.07, 6.45) is 0.345. The first kappa shape index (κ1) is 13.7. The van der Waals surface area contributed by atoms with E-state index in [-0.39, 0.29) is 11.8 Å². The van der Waals surface area contributed by atoms with E-state index in [2.05, 4.69) is 13.8 Å². The standard InChI is InChI=1S/C14H21NO2/c1-9(2)11-5-6-12(14(8-11)17-4)13(16)7-10(3)15/h5-6,8-10H,7,15H2,1-4H3. The van der Waals surface area contributed by atoms with Gasteiger partial charge in [0.25, 0.3) is 0 Å². The largest absolute Gasteiger partial charge is 0.496 e. The Balaban J connectivity index is 3.04. The molecule has 94 valence electrons. The van der Waals surface area contributed by atoms with Crippen LogP contribution in [0.4, 0.5) is 0 Å². The van der Waals surface area contributed by atoms with Crippen LogP contribution in [0, 0.1) is 0 Å². The quantitative estimate of drug-likeness (QED) is 0.798. The fraction of sp³-hybridized carbons (Fsp3) is 0.500. The predicted molar refractivity (Wildman–Crippen MR) is 69.7 cm³/mol. The monoisotopic (exact) mass is 235 g/mol. The highest BCUT2D eigenvalue weighted by atomic mass is 16.5. The minimum atomic E-state index is -0.128. The van der Waals surface area contributed by atoms with Gasteiger partial charge in [-0.1, -0.05) is 19.9 Å². The summed E-state index contributed by atoms with van der Waals surface area (Å²) in [5.41, 5.74) is 7.42. The van der Waals surface area contributed by atoms with Gasteiger partial charge >= 0.3 is 0 Å². The molecule has 3 nitrogen and oxygen atoms in total. The molecule has 0 aromatic heterocycles. The highest BCUT2D eigenvalue weighted by Gasteiger charge is 2.15. The van der Waals surface area contributed by atoms with E-state index in [1.165, 1.54) is 5.56 Å². The SMILES string of the molecule is COc1cc(C(C)C)ccc1C(=O)CC(C)N. The molecule has 0 saturated carbocycles. The van der Waals surface area contributed by atoms with Gasteiger partial charge in [0.05, 0.1) is 12.7 Å². The number of benzene rings is 1. The molecule has 0 saturated heterocycles. The number of carbonyl (C=O) groups excluding carboxylic acids is 1. The molecule has 0 bridgehead atoms. The number of methoxy groups -OCH3 is 1. The molecule has 0 amide bonds. The molecule has 0 aliphatic heterocycles. The normalized spacial score (nSPS) is 12.6. The minimum absolute atomic E-state index is 0.0344. The third-order valence-corrected chi connectivity index (χ3v) is 2.70. The molecular weight excluding hydrogens is 214 g/mol. The van der Waals surface area contributed by atoms with E-state index in [1.807, 2.05) is 25.1 Å². The summed E-state index contributed by atoms with van der Waals surface area (Å²) in [6.45, 7) is 6.04. The first-order chi connectivity index (χ1) is 7.95. The average molecular weight is 235 g/mol. The second-order valence-electron chi connectivity index (χ2n) is 4.72. The van der Waals surface area contributed by atoms with Crippen molar-refractivity contribution in [3.05, 3.63) is 29.3 Å². The van der Waals surface area contributed by atoms with Crippen LogP contribution in [0.1, 0.15) is 49.0 Å². The average Bonchev–Trinajstić information content (AvgIpc) is 2.27. The lowest BCUT2D eigenvalue weighted by molar-refractivity contribution is 0.0973. The Morgan fingerprint density at radius 2 is 2.00 bits per heavy atom. The van der Waals surface area contributed by atoms with E-state index in [0.717, 1.165) is 0 Å². The summed E-state index contributed by atoms with van der Waals surface area (Å²) in [5, 5.41) is 0. The molecular formula is C14H21NO2. The number of rotatable bonds is 5. The van der Waals surface area contributed by atoms with Crippen LogP contribution in [-0.2, 0) is 0 Å². The molecule has 0 fully saturated rings. The van der Waals surface area contributed by atoms with Crippen molar-refractivity contribution in [3.63, 3.8) is 0 Å². The molecule has 0 heterocycles. The Kier molecular flexibility index (Phi) is 4.70. The van der Waals surface area contributed by atoms with Crippen LogP contribution in [0.3, 0.4) is 0 Å². The zero-order chi connectivity index (χ0) is 13.0. The zero-order valence-electron chi connectivity index (χ0n) is 11.0. The van der Waals surface area contributed by atoms with E-state index in [0.29, 0.717) is 23.7 Å². The lowest BCUT2D eigenvalue weighted by Gasteiger charge is -2.12. The highest BCUT2D eigenvalue weighted by Crippen LogP contribution is 2.25. The summed E-state index contributed by atoms with van der Waals surface area (Å²) in [7, 11) is 1.59. The van der Waals surface area contributed by atoms with Gasteiger partial charge in [-0.05, 0) is 30.5 Å². The fourth-order valence-electron chi connectivity index (χ4n) is 1.70. The van der Waals surface area contributed by atoms with Crippen molar-refractivity contribution in [1.29, 1.82) is 0 Å². The third kappa shape index (κ3) is 3.56. The summed E-state index contributed by atoms with van der Waals surface area (Å²) < 4.78 is 5.28. The van der Waals surface area contributed by atoms with E-state index in [4.69, 9.17) is 10.5 Å². The second kappa shape index (κ2) is 5.82. The van der Waals surface area contributed by atoms with Crippen molar-refractivity contribution >= 4 is 5.78 Å². The molecule has 0 aliphatic carbocycles. The van der Waals surface area contributed by atoms with Crippen molar-refractivity contribution < 1.29 is 9.53 Å². The zero-order valence-corrected chi connectivity index (χ0v) is 11.0. The van der Waals surface area contributed by atoms with Crippen LogP contribution >= 0.6 is 0 Å². The molecule has 0 aliphatic rings. The molecule has 1 atom stereocenters. The first-order valence-corrected chi connectivity index (χ1v) is 5.92. The number of Topliss-reactive ketones (excluding diaryl/α,β-unsaturated/α-hetero) is 1. The van der Waals surface area contributed by atoms with Crippen molar-refractivity contribution in [3.8, 4) is 5.75 Å². The van der Waals surface area contributed by atoms with E-state index in [9.17, 15) is 4.79 Å². The van der Waals surface area contributed by atoms with Gasteiger partial charge in [0.2, 0.25) is 0 Å². The van der Waals surface area contributed by atoms with Gasteiger partial charge in [0, 0.05) is 12.5 Å². The van der Waals surface area contributed by atoms with Gasteiger partial charge in [-0.15, -0.1) is 0 Å². The van der Waals surface area contributed by atoms with Crippen molar-refractivity contribution in [1.82, 2.24) is 0 Å². The molecule has 1 aromatic carbocycles. The van der Waals surface area contributed by atoms with E-state index < -0.39 is 0 Å². The third-order valence-electron chi connectivity index (χ3n) is 2.70. The Labute approximate surface area is 103 Å². The fourth-order valence-corrected chi connectivity index (χ4v) is 1.70. The summed E-state index contributed by atoms with van der Waals surface area (Å²) in [5.74, 6) is 1.09. The minimum Gasteiger partial charge on any atom is -0.496 e. The number of ether oxygens (including phenoxy) is 1. The van der Waals surface area contributed by atoms with Gasteiger partial charge in [-0.3, -0.25) is 4.79 Å². The topological polar surface area (TPSA) is 52.3 Å². The van der Waals surface area contributed by atoms with Crippen LogP contribution < -0.4 is 10.5 Å². The lowest BCUT2D eigenvalue weighted by atomic mass is 9.97. The van der Waals surface area contributed by atoms with Gasteiger partial charge in [0.1, 0.15) is 5.75 Å². The van der Waals surface area contributed by atoms with E-state index >= 15 is 0 Å². The Morgan fingerprint density at radius 3 is 2.47 bits per heavy atom. The molecule has 1 aromatic rings. The summed E-state index contributed by atoms with van der Waals surface area (Å²) in [6, 6.07) is 5.61. The molecule has 17 heavy (non-hydrogen) atoms. The maximum absolute atomic E-state index is 12.0. The van der Waals surface area contributed by atoms with Crippen LogP contribution in [-0.4, -0.2) is 18.9 Å². The number of nitrogens with two attached hydrogens (primary N) is 1. The molecule has 0 spiro atoms. The van der Waals surface area contributed by atoms with Crippen LogP contribution in [0.25, 0.3) is 0 Å². The number of carbonyl (C=O) groups is 1.